The van der Waals surface area contributed by atoms with Crippen LogP contribution in [0.25, 0.3) is 6.08 Å². The molecule has 0 saturated carbocycles. The Kier molecular flexibility index (Phi) is 0.872. The van der Waals surface area contributed by atoms with E-state index in [2.05, 4.69) is 17.1 Å². The van der Waals surface area contributed by atoms with Gasteiger partial charge in [0.2, 0.25) is 5.82 Å². The second-order valence-corrected chi connectivity index (χ2v) is 2.00. The highest BCUT2D eigenvalue weighted by molar-refractivity contribution is 5.59. The van der Waals surface area contributed by atoms with Crippen LogP contribution in [0, 0.1) is 0 Å². The van der Waals surface area contributed by atoms with E-state index in [4.69, 9.17) is 0 Å². The van der Waals surface area contributed by atoms with Gasteiger partial charge < -0.3 is 0 Å². The molecule has 1 aliphatic heterocycles. The van der Waals surface area contributed by atoms with Crippen LogP contribution in [0.4, 0.5) is 5.82 Å². The second kappa shape index (κ2) is 1.67. The first-order chi connectivity index (χ1) is 4.47. The Bertz CT molecular complexity index is 253. The SMILES string of the molecule is C1=Cc2cccnc2[NH2+]1. The van der Waals surface area contributed by atoms with Crippen molar-refractivity contribution in [2.24, 2.45) is 0 Å². The van der Waals surface area contributed by atoms with Crippen LogP contribution in [0.3, 0.4) is 0 Å². The van der Waals surface area contributed by atoms with Gasteiger partial charge in [0.25, 0.3) is 0 Å². The van der Waals surface area contributed by atoms with Gasteiger partial charge in [0.1, 0.15) is 0 Å². The van der Waals surface area contributed by atoms with E-state index in [1.165, 1.54) is 5.56 Å². The van der Waals surface area contributed by atoms with Crippen molar-refractivity contribution in [2.75, 3.05) is 0 Å². The molecule has 0 atom stereocenters. The summed E-state index contributed by atoms with van der Waals surface area (Å²) < 4.78 is 0. The molecule has 1 aliphatic rings. The van der Waals surface area contributed by atoms with Gasteiger partial charge in [-0.3, -0.25) is 5.32 Å². The van der Waals surface area contributed by atoms with Crippen LogP contribution in [-0.2, 0) is 0 Å². The summed E-state index contributed by atoms with van der Waals surface area (Å²) in [4.78, 5) is 4.14. The molecule has 0 saturated heterocycles. The summed E-state index contributed by atoms with van der Waals surface area (Å²) in [5.74, 6) is 1.08. The molecule has 1 aromatic rings. The van der Waals surface area contributed by atoms with Crippen LogP contribution < -0.4 is 5.32 Å². The molecule has 0 aromatic carbocycles. The number of aromatic nitrogens is 1. The highest BCUT2D eigenvalue weighted by Crippen LogP contribution is 2.09. The summed E-state index contributed by atoms with van der Waals surface area (Å²) in [5.41, 5.74) is 1.22. The maximum Gasteiger partial charge on any atom is 0.236 e. The van der Waals surface area contributed by atoms with E-state index in [9.17, 15) is 0 Å². The lowest BCUT2D eigenvalue weighted by Crippen LogP contribution is -2.69. The third kappa shape index (κ3) is 0.641. The molecule has 2 heterocycles. The van der Waals surface area contributed by atoms with E-state index >= 15 is 0 Å². The van der Waals surface area contributed by atoms with Gasteiger partial charge in [0.15, 0.2) is 0 Å². The maximum atomic E-state index is 4.14. The molecule has 0 amide bonds. The van der Waals surface area contributed by atoms with Crippen molar-refractivity contribution in [1.29, 1.82) is 0 Å². The van der Waals surface area contributed by atoms with Crippen LogP contribution in [0.1, 0.15) is 5.56 Å². The minimum Gasteiger partial charge on any atom is -0.271 e. The van der Waals surface area contributed by atoms with Crippen LogP contribution in [-0.4, -0.2) is 4.98 Å². The molecular weight excluding hydrogens is 112 g/mol. The first kappa shape index (κ1) is 4.70. The number of rotatable bonds is 0. The minimum atomic E-state index is 1.08. The third-order valence-electron chi connectivity index (χ3n) is 1.40. The van der Waals surface area contributed by atoms with Gasteiger partial charge in [0, 0.05) is 12.3 Å². The first-order valence-electron chi connectivity index (χ1n) is 2.93. The average molecular weight is 119 g/mol. The third-order valence-corrected chi connectivity index (χ3v) is 1.40. The standard InChI is InChI=1S/C7H6N2/c1-2-6-3-5-9-7(6)8-4-1/h1-5H,(H,8,9)/p+1. The molecule has 9 heavy (non-hydrogen) atoms. The van der Waals surface area contributed by atoms with Crippen molar-refractivity contribution in [3.63, 3.8) is 0 Å². The van der Waals surface area contributed by atoms with Gasteiger partial charge >= 0.3 is 0 Å². The molecule has 0 radical (unpaired) electrons. The number of quaternary nitrogens is 1. The Labute approximate surface area is 53.2 Å². The predicted molar refractivity (Wildman–Crippen MR) is 34.9 cm³/mol. The fourth-order valence-electron chi connectivity index (χ4n) is 0.953. The Morgan fingerprint density at radius 3 is 3.33 bits per heavy atom. The predicted octanol–water partition coefficient (Wildman–Crippen LogP) is 0.261. The summed E-state index contributed by atoms with van der Waals surface area (Å²) in [6, 6.07) is 4.00. The Balaban J connectivity index is 2.63. The van der Waals surface area contributed by atoms with Crippen molar-refractivity contribution in [2.45, 2.75) is 0 Å². The fraction of sp³-hybridized carbons (Fsp3) is 0. The number of nitrogens with zero attached hydrogens (tertiary/aromatic N) is 1. The number of fused-ring (bicyclic) bond motifs is 1. The van der Waals surface area contributed by atoms with Crippen molar-refractivity contribution in [1.82, 2.24) is 4.98 Å². The van der Waals surface area contributed by atoms with Gasteiger partial charge in [-0.1, -0.05) is 0 Å². The number of pyridine rings is 1. The summed E-state index contributed by atoms with van der Waals surface area (Å²) in [5, 5.41) is 2.01. The van der Waals surface area contributed by atoms with Crippen LogP contribution >= 0.6 is 0 Å². The van der Waals surface area contributed by atoms with Crippen molar-refractivity contribution >= 4 is 11.9 Å². The zero-order valence-electron chi connectivity index (χ0n) is 4.91. The molecule has 0 bridgehead atoms. The quantitative estimate of drug-likeness (QED) is 0.521. The summed E-state index contributed by atoms with van der Waals surface area (Å²) >= 11 is 0. The van der Waals surface area contributed by atoms with Crippen molar-refractivity contribution < 1.29 is 5.32 Å². The molecule has 2 N–H and O–H groups in total. The van der Waals surface area contributed by atoms with Crippen molar-refractivity contribution in [3.8, 4) is 0 Å². The number of hydrogen-bond acceptors (Lipinski definition) is 1. The van der Waals surface area contributed by atoms with E-state index in [1.807, 2.05) is 23.8 Å². The Morgan fingerprint density at radius 2 is 2.44 bits per heavy atom. The summed E-state index contributed by atoms with van der Waals surface area (Å²) in [7, 11) is 0. The first-order valence-corrected chi connectivity index (χ1v) is 2.93. The Hall–Kier alpha value is -1.15. The zero-order valence-corrected chi connectivity index (χ0v) is 4.91. The smallest absolute Gasteiger partial charge is 0.236 e. The molecule has 0 spiro atoms. The summed E-state index contributed by atoms with van der Waals surface area (Å²) in [6.45, 7) is 0. The van der Waals surface area contributed by atoms with Crippen molar-refractivity contribution in [3.05, 3.63) is 30.1 Å². The lowest BCUT2D eigenvalue weighted by atomic mass is 10.3. The van der Waals surface area contributed by atoms with Gasteiger partial charge in [-0.2, -0.15) is 0 Å². The van der Waals surface area contributed by atoms with Crippen LogP contribution in [0.5, 0.6) is 0 Å². The number of hydrogen-bond donors (Lipinski definition) is 1. The van der Waals surface area contributed by atoms with E-state index in [1.54, 1.807) is 0 Å². The highest BCUT2D eigenvalue weighted by Gasteiger charge is 2.07. The molecule has 2 heteroatoms. The average Bonchev–Trinajstić information content (AvgIpc) is 2.33. The highest BCUT2D eigenvalue weighted by atomic mass is 15.0. The molecule has 2 rings (SSSR count). The maximum absolute atomic E-state index is 4.14. The lowest BCUT2D eigenvalue weighted by Gasteiger charge is -1.88. The van der Waals surface area contributed by atoms with Gasteiger partial charge in [-0.05, 0) is 12.1 Å². The molecule has 0 fully saturated rings. The van der Waals surface area contributed by atoms with E-state index < -0.39 is 0 Å². The van der Waals surface area contributed by atoms with E-state index in [0.717, 1.165) is 5.82 Å². The second-order valence-electron chi connectivity index (χ2n) is 2.00. The minimum absolute atomic E-state index is 1.08. The summed E-state index contributed by atoms with van der Waals surface area (Å²) in [6.07, 6.45) is 5.88. The lowest BCUT2D eigenvalue weighted by molar-refractivity contribution is -0.495. The molecule has 0 aliphatic carbocycles. The molecule has 0 unspecified atom stereocenters. The zero-order chi connectivity index (χ0) is 6.10. The van der Waals surface area contributed by atoms with Gasteiger partial charge in [-0.15, -0.1) is 0 Å². The largest absolute Gasteiger partial charge is 0.271 e. The van der Waals surface area contributed by atoms with Gasteiger partial charge in [0.05, 0.1) is 11.8 Å². The normalized spacial score (nSPS) is 13.8. The molecule has 44 valence electrons. The molecule has 1 aromatic heterocycles. The van der Waals surface area contributed by atoms with Crippen LogP contribution in [0.2, 0.25) is 0 Å². The fourth-order valence-corrected chi connectivity index (χ4v) is 0.953. The van der Waals surface area contributed by atoms with Gasteiger partial charge in [-0.25, -0.2) is 4.98 Å². The van der Waals surface area contributed by atoms with Crippen LogP contribution in [0.15, 0.2) is 24.5 Å². The van der Waals surface area contributed by atoms with E-state index in [0.29, 0.717) is 0 Å². The molecule has 2 nitrogen and oxygen atoms in total. The number of nitrogens with two attached hydrogens (primary N) is 1. The Morgan fingerprint density at radius 1 is 1.44 bits per heavy atom. The van der Waals surface area contributed by atoms with E-state index in [-0.39, 0.29) is 0 Å². The topological polar surface area (TPSA) is 29.5 Å². The molecular formula is C7H7N2+. The monoisotopic (exact) mass is 119 g/mol.